The number of ketones is 3. The number of phenols is 1. The highest BCUT2D eigenvalue weighted by molar-refractivity contribution is 6.28. The number of carboxylic acid groups (broad SMARTS) is 1. The van der Waals surface area contributed by atoms with Crippen molar-refractivity contribution < 1.29 is 39.0 Å². The molecule has 37 heavy (non-hydrogen) atoms. The van der Waals surface area contributed by atoms with Crippen LogP contribution in [0.2, 0.25) is 0 Å². The van der Waals surface area contributed by atoms with Crippen molar-refractivity contribution in [2.75, 3.05) is 5.88 Å². The summed E-state index contributed by atoms with van der Waals surface area (Å²) in [5.74, 6) is -6.22. The van der Waals surface area contributed by atoms with Gasteiger partial charge in [0.25, 0.3) is 0 Å². The largest absolute Gasteiger partial charge is 0.508 e. The molecule has 0 unspecified atom stereocenters. The second kappa shape index (κ2) is 15.1. The van der Waals surface area contributed by atoms with Crippen LogP contribution >= 0.6 is 11.6 Å². The Hall–Kier alpha value is -3.27. The molecule has 4 atom stereocenters. The SMILES string of the molecule is CC(=O)N[C@@H](Cc1ccc(O)cc1)C(=O)C[C@H](C(=O)N[C@@H](C)C(=O)C[C@@H](CC(=O)O)C(=O)CCl)C(C)C. The second-order valence-electron chi connectivity index (χ2n) is 9.44. The summed E-state index contributed by atoms with van der Waals surface area (Å²) in [5.41, 5.74) is 0.706. The summed E-state index contributed by atoms with van der Waals surface area (Å²) in [6.45, 7) is 6.20. The zero-order chi connectivity index (χ0) is 28.3. The number of alkyl halides is 1. The summed E-state index contributed by atoms with van der Waals surface area (Å²) in [4.78, 5) is 73.4. The van der Waals surface area contributed by atoms with Crippen molar-refractivity contribution in [1.29, 1.82) is 0 Å². The van der Waals surface area contributed by atoms with E-state index in [1.807, 2.05) is 0 Å². The van der Waals surface area contributed by atoms with Crippen LogP contribution in [0.3, 0.4) is 0 Å². The third-order valence-electron chi connectivity index (χ3n) is 6.00. The minimum atomic E-state index is -1.24. The molecule has 1 rings (SSSR count). The number of aliphatic carboxylic acids is 1. The number of hydrogen-bond donors (Lipinski definition) is 4. The number of carboxylic acids is 1. The van der Waals surface area contributed by atoms with Crippen molar-refractivity contribution in [2.24, 2.45) is 17.8 Å². The van der Waals surface area contributed by atoms with Crippen LogP contribution in [0, 0.1) is 17.8 Å². The van der Waals surface area contributed by atoms with Crippen LogP contribution in [-0.4, -0.2) is 63.3 Å². The molecule has 204 valence electrons. The van der Waals surface area contributed by atoms with Gasteiger partial charge in [0.05, 0.1) is 24.4 Å². The minimum Gasteiger partial charge on any atom is -0.508 e. The Balaban J connectivity index is 2.92. The van der Waals surface area contributed by atoms with E-state index >= 15 is 0 Å². The number of rotatable bonds is 16. The van der Waals surface area contributed by atoms with Gasteiger partial charge in [0.15, 0.2) is 17.3 Å². The molecule has 0 heterocycles. The molecular formula is C26H35ClN2O8. The first-order valence-electron chi connectivity index (χ1n) is 12.0. The highest BCUT2D eigenvalue weighted by Crippen LogP contribution is 2.20. The van der Waals surface area contributed by atoms with E-state index in [1.165, 1.54) is 26.0 Å². The number of carbonyl (C=O) groups is 6. The maximum atomic E-state index is 13.1. The fourth-order valence-corrected chi connectivity index (χ4v) is 4.01. The molecule has 11 heteroatoms. The molecule has 0 radical (unpaired) electrons. The molecule has 0 spiro atoms. The molecule has 1 aromatic rings. The summed E-state index contributed by atoms with van der Waals surface area (Å²) in [6.07, 6.45) is -0.964. The molecule has 0 saturated carbocycles. The monoisotopic (exact) mass is 538 g/mol. The number of phenolic OH excluding ortho intramolecular Hbond substituents is 1. The third-order valence-corrected chi connectivity index (χ3v) is 6.27. The molecule has 0 bridgehead atoms. The Labute approximate surface area is 221 Å². The van der Waals surface area contributed by atoms with Gasteiger partial charge in [-0.1, -0.05) is 26.0 Å². The van der Waals surface area contributed by atoms with Crippen LogP contribution in [-0.2, 0) is 35.2 Å². The topological polar surface area (TPSA) is 167 Å². The molecule has 0 aliphatic carbocycles. The summed E-state index contributed by atoms with van der Waals surface area (Å²) in [5, 5.41) is 23.7. The predicted octanol–water partition coefficient (Wildman–Crippen LogP) is 2.03. The molecule has 4 N–H and O–H groups in total. The first-order chi connectivity index (χ1) is 17.2. The highest BCUT2D eigenvalue weighted by atomic mass is 35.5. The first-order valence-corrected chi connectivity index (χ1v) is 12.5. The lowest BCUT2D eigenvalue weighted by Crippen LogP contribution is -2.47. The van der Waals surface area contributed by atoms with E-state index in [9.17, 15) is 33.9 Å². The van der Waals surface area contributed by atoms with E-state index in [2.05, 4.69) is 10.6 Å². The van der Waals surface area contributed by atoms with Gasteiger partial charge in [-0.15, -0.1) is 11.6 Å². The molecular weight excluding hydrogens is 504 g/mol. The summed E-state index contributed by atoms with van der Waals surface area (Å²) in [6, 6.07) is 4.28. The van der Waals surface area contributed by atoms with Crippen LogP contribution in [0.4, 0.5) is 0 Å². The summed E-state index contributed by atoms with van der Waals surface area (Å²) < 4.78 is 0. The second-order valence-corrected chi connectivity index (χ2v) is 9.71. The predicted molar refractivity (Wildman–Crippen MR) is 136 cm³/mol. The van der Waals surface area contributed by atoms with Crippen LogP contribution in [0.15, 0.2) is 24.3 Å². The molecule has 0 saturated heterocycles. The van der Waals surface area contributed by atoms with E-state index in [1.54, 1.807) is 26.0 Å². The zero-order valence-corrected chi connectivity index (χ0v) is 22.2. The molecule has 0 aromatic heterocycles. The van der Waals surface area contributed by atoms with Gasteiger partial charge >= 0.3 is 5.97 Å². The number of aromatic hydroxyl groups is 1. The normalized spacial score (nSPS) is 14.2. The van der Waals surface area contributed by atoms with E-state index in [0.717, 1.165) is 0 Å². The van der Waals surface area contributed by atoms with Gasteiger partial charge in [-0.3, -0.25) is 28.8 Å². The van der Waals surface area contributed by atoms with Gasteiger partial charge in [0.1, 0.15) is 5.75 Å². The average Bonchev–Trinajstić information content (AvgIpc) is 2.81. The van der Waals surface area contributed by atoms with E-state index in [4.69, 9.17) is 16.7 Å². The smallest absolute Gasteiger partial charge is 0.304 e. The van der Waals surface area contributed by atoms with Gasteiger partial charge in [-0.2, -0.15) is 0 Å². The van der Waals surface area contributed by atoms with E-state index in [-0.39, 0.29) is 36.7 Å². The number of benzene rings is 1. The fourth-order valence-electron chi connectivity index (χ4n) is 3.79. The van der Waals surface area contributed by atoms with Crippen LogP contribution in [0.25, 0.3) is 0 Å². The van der Waals surface area contributed by atoms with Crippen LogP contribution in [0.1, 0.15) is 52.5 Å². The number of halogens is 1. The molecule has 1 aromatic carbocycles. The van der Waals surface area contributed by atoms with Crippen molar-refractivity contribution in [3.05, 3.63) is 29.8 Å². The maximum Gasteiger partial charge on any atom is 0.304 e. The van der Waals surface area contributed by atoms with Crippen molar-refractivity contribution in [3.63, 3.8) is 0 Å². The van der Waals surface area contributed by atoms with Gasteiger partial charge in [0, 0.05) is 31.6 Å². The fraction of sp³-hybridized carbons (Fsp3) is 0.538. The minimum absolute atomic E-state index is 0.0627. The Morgan fingerprint density at radius 2 is 1.46 bits per heavy atom. The van der Waals surface area contributed by atoms with Gasteiger partial charge < -0.3 is 20.8 Å². The average molecular weight is 539 g/mol. The van der Waals surface area contributed by atoms with E-state index < -0.39 is 65.6 Å². The Morgan fingerprint density at radius 3 is 1.95 bits per heavy atom. The van der Waals surface area contributed by atoms with Crippen molar-refractivity contribution in [2.45, 2.75) is 65.5 Å². The van der Waals surface area contributed by atoms with Crippen molar-refractivity contribution >= 4 is 46.7 Å². The number of nitrogens with one attached hydrogen (secondary N) is 2. The highest BCUT2D eigenvalue weighted by Gasteiger charge is 2.32. The number of carbonyl (C=O) groups excluding carboxylic acids is 5. The first kappa shape index (κ1) is 31.8. The molecule has 0 aliphatic rings. The quantitative estimate of drug-likeness (QED) is 0.232. The Bertz CT molecular complexity index is 993. The van der Waals surface area contributed by atoms with E-state index in [0.29, 0.717) is 5.56 Å². The van der Waals surface area contributed by atoms with Crippen LogP contribution in [0.5, 0.6) is 5.75 Å². The number of Topliss-reactive ketones (excluding diaryl/α,β-unsaturated/α-hetero) is 3. The summed E-state index contributed by atoms with van der Waals surface area (Å²) in [7, 11) is 0. The Morgan fingerprint density at radius 1 is 0.865 bits per heavy atom. The van der Waals surface area contributed by atoms with Crippen molar-refractivity contribution in [1.82, 2.24) is 10.6 Å². The molecule has 10 nitrogen and oxygen atoms in total. The van der Waals surface area contributed by atoms with Crippen molar-refractivity contribution in [3.8, 4) is 5.75 Å². The lowest BCUT2D eigenvalue weighted by atomic mass is 9.86. The Kier molecular flexibility index (Phi) is 13.0. The maximum absolute atomic E-state index is 13.1. The molecule has 0 fully saturated rings. The van der Waals surface area contributed by atoms with Gasteiger partial charge in [-0.25, -0.2) is 0 Å². The third kappa shape index (κ3) is 11.1. The lowest BCUT2D eigenvalue weighted by Gasteiger charge is -2.25. The number of amides is 2. The zero-order valence-electron chi connectivity index (χ0n) is 21.5. The standard InChI is InChI=1S/C26H35ClN2O8/c1-14(2)20(12-23(33)21(29-16(4)30)9-17-5-7-19(31)8-6-17)26(37)28-15(3)22(32)10-18(11-25(35)36)24(34)13-27/h5-8,14-15,18,20-21,31H,9-13H2,1-4H3,(H,28,37)(H,29,30)(H,35,36)/t15-,18-,20-,21-/m0/s1. The molecule has 2 amide bonds. The van der Waals surface area contributed by atoms with Gasteiger partial charge in [-0.05, 0) is 37.0 Å². The molecule has 0 aliphatic heterocycles. The van der Waals surface area contributed by atoms with Gasteiger partial charge in [0.2, 0.25) is 11.8 Å². The number of hydrogen-bond acceptors (Lipinski definition) is 7. The van der Waals surface area contributed by atoms with Crippen LogP contribution < -0.4 is 10.6 Å². The summed E-state index contributed by atoms with van der Waals surface area (Å²) >= 11 is 5.52. The lowest BCUT2D eigenvalue weighted by molar-refractivity contribution is -0.141.